The quantitative estimate of drug-likeness (QED) is 0.586. The number of ether oxygens (including phenoxy) is 1. The number of hydrogen-bond donors (Lipinski definition) is 0. The molecule has 0 atom stereocenters. The molecule has 2 aromatic carbocycles. The molecule has 80 valence electrons. The maximum absolute atomic E-state index is 6.85. The van der Waals surface area contributed by atoms with Crippen molar-refractivity contribution in [3.05, 3.63) is 47.8 Å². The Labute approximate surface area is 99.0 Å². The highest BCUT2D eigenvalue weighted by molar-refractivity contribution is 7.99. The minimum Gasteiger partial charge on any atom is -0.496 e. The van der Waals surface area contributed by atoms with Gasteiger partial charge in [-0.25, -0.2) is 6.57 Å². The Morgan fingerprint density at radius 3 is 2.81 bits per heavy atom. The van der Waals surface area contributed by atoms with Crippen LogP contribution in [0.1, 0.15) is 0 Å². The molecule has 0 fully saturated rings. The SMILES string of the molecule is [C-]#[N+]CSc1c(OC)ccc2ccccc12. The summed E-state index contributed by atoms with van der Waals surface area (Å²) in [5.41, 5.74) is 0. The van der Waals surface area contributed by atoms with Crippen molar-refractivity contribution in [2.45, 2.75) is 4.90 Å². The molecule has 0 amide bonds. The number of rotatable bonds is 3. The average molecular weight is 229 g/mol. The van der Waals surface area contributed by atoms with Gasteiger partial charge in [-0.05, 0) is 28.6 Å². The molecule has 0 radical (unpaired) electrons. The van der Waals surface area contributed by atoms with Gasteiger partial charge in [0.25, 0.3) is 5.88 Å². The number of nitrogens with zero attached hydrogens (tertiary/aromatic N) is 1. The van der Waals surface area contributed by atoms with E-state index in [1.165, 1.54) is 17.1 Å². The van der Waals surface area contributed by atoms with Gasteiger partial charge in [-0.3, -0.25) is 0 Å². The Morgan fingerprint density at radius 2 is 2.06 bits per heavy atom. The molecule has 0 saturated carbocycles. The lowest BCUT2D eigenvalue weighted by atomic mass is 10.1. The van der Waals surface area contributed by atoms with Crippen LogP contribution in [0.5, 0.6) is 5.75 Å². The molecule has 0 heterocycles. The average Bonchev–Trinajstić information content (AvgIpc) is 2.35. The van der Waals surface area contributed by atoms with Crippen LogP contribution in [0.3, 0.4) is 0 Å². The van der Waals surface area contributed by atoms with Gasteiger partial charge in [0.2, 0.25) is 0 Å². The third kappa shape index (κ3) is 1.98. The molecule has 0 aliphatic carbocycles. The zero-order valence-electron chi connectivity index (χ0n) is 8.93. The van der Waals surface area contributed by atoms with Gasteiger partial charge in [-0.2, -0.15) is 0 Å². The number of hydrogen-bond acceptors (Lipinski definition) is 2. The molecular weight excluding hydrogens is 218 g/mol. The summed E-state index contributed by atoms with van der Waals surface area (Å²) in [6, 6.07) is 12.1. The molecule has 2 aromatic rings. The number of benzene rings is 2. The van der Waals surface area contributed by atoms with Crippen LogP contribution < -0.4 is 4.74 Å². The Bertz CT molecular complexity index is 545. The van der Waals surface area contributed by atoms with Gasteiger partial charge in [0.1, 0.15) is 5.75 Å². The van der Waals surface area contributed by atoms with Gasteiger partial charge in [0, 0.05) is 0 Å². The van der Waals surface area contributed by atoms with Gasteiger partial charge in [-0.15, -0.1) is 0 Å². The minimum atomic E-state index is 0.421. The molecule has 2 rings (SSSR count). The van der Waals surface area contributed by atoms with E-state index in [0.717, 1.165) is 16.0 Å². The van der Waals surface area contributed by atoms with Crippen molar-refractivity contribution in [2.24, 2.45) is 0 Å². The number of fused-ring (bicyclic) bond motifs is 1. The highest BCUT2D eigenvalue weighted by Gasteiger charge is 2.09. The first-order valence-corrected chi connectivity index (χ1v) is 5.87. The molecule has 3 heteroatoms. The predicted molar refractivity (Wildman–Crippen MR) is 67.8 cm³/mol. The topological polar surface area (TPSA) is 13.6 Å². The second-order valence-electron chi connectivity index (χ2n) is 3.25. The van der Waals surface area contributed by atoms with Crippen LogP contribution >= 0.6 is 11.8 Å². The molecule has 0 aromatic heterocycles. The van der Waals surface area contributed by atoms with Gasteiger partial charge >= 0.3 is 0 Å². The molecule has 0 unspecified atom stereocenters. The third-order valence-electron chi connectivity index (χ3n) is 2.34. The van der Waals surface area contributed by atoms with Gasteiger partial charge < -0.3 is 9.58 Å². The Balaban J connectivity index is 2.59. The summed E-state index contributed by atoms with van der Waals surface area (Å²) in [5, 5.41) is 2.33. The zero-order chi connectivity index (χ0) is 11.4. The van der Waals surface area contributed by atoms with E-state index in [0.29, 0.717) is 5.88 Å². The molecule has 0 aliphatic rings. The first-order chi connectivity index (χ1) is 7.86. The molecule has 0 spiro atoms. The maximum atomic E-state index is 6.85. The first-order valence-electron chi connectivity index (χ1n) is 4.88. The van der Waals surface area contributed by atoms with E-state index >= 15 is 0 Å². The maximum Gasteiger partial charge on any atom is 0.264 e. The highest BCUT2D eigenvalue weighted by atomic mass is 32.2. The van der Waals surface area contributed by atoms with E-state index in [2.05, 4.69) is 17.0 Å². The van der Waals surface area contributed by atoms with Crippen molar-refractivity contribution >= 4 is 22.5 Å². The minimum absolute atomic E-state index is 0.421. The fourth-order valence-electron chi connectivity index (χ4n) is 1.63. The summed E-state index contributed by atoms with van der Waals surface area (Å²) in [5.74, 6) is 1.26. The van der Waals surface area contributed by atoms with Crippen LogP contribution in [-0.4, -0.2) is 13.0 Å². The van der Waals surface area contributed by atoms with E-state index in [1.807, 2.05) is 24.3 Å². The van der Waals surface area contributed by atoms with E-state index in [9.17, 15) is 0 Å². The fourth-order valence-corrected chi connectivity index (χ4v) is 2.46. The zero-order valence-corrected chi connectivity index (χ0v) is 9.75. The van der Waals surface area contributed by atoms with Gasteiger partial charge in [0.05, 0.1) is 12.0 Å². The summed E-state index contributed by atoms with van der Waals surface area (Å²) >= 11 is 1.52. The standard InChI is InChI=1S/C13H11NOS/c1-14-9-16-13-11-6-4-3-5-10(11)7-8-12(13)15-2/h3-8H,9H2,2H3. The van der Waals surface area contributed by atoms with Crippen LogP contribution in [0, 0.1) is 6.57 Å². The summed E-state index contributed by atoms with van der Waals surface area (Å²) in [4.78, 5) is 4.42. The van der Waals surface area contributed by atoms with Crippen molar-refractivity contribution in [3.63, 3.8) is 0 Å². The highest BCUT2D eigenvalue weighted by Crippen LogP contribution is 2.36. The van der Waals surface area contributed by atoms with Crippen LogP contribution in [-0.2, 0) is 0 Å². The lowest BCUT2D eigenvalue weighted by Crippen LogP contribution is -1.88. The molecular formula is C13H11NOS. The summed E-state index contributed by atoms with van der Waals surface area (Å²) in [6.45, 7) is 6.85. The Hall–Kier alpha value is -1.66. The lowest BCUT2D eigenvalue weighted by Gasteiger charge is -2.09. The first kappa shape index (κ1) is 10.8. The van der Waals surface area contributed by atoms with Crippen molar-refractivity contribution in [1.82, 2.24) is 0 Å². The second kappa shape index (κ2) is 4.91. The Kier molecular flexibility index (Phi) is 3.33. The van der Waals surface area contributed by atoms with E-state index in [4.69, 9.17) is 11.3 Å². The lowest BCUT2D eigenvalue weighted by molar-refractivity contribution is 0.406. The molecule has 0 saturated heterocycles. The second-order valence-corrected chi connectivity index (χ2v) is 4.20. The van der Waals surface area contributed by atoms with Gasteiger partial charge in [-0.1, -0.05) is 30.3 Å². The molecule has 0 N–H and O–H groups in total. The Morgan fingerprint density at radius 1 is 1.25 bits per heavy atom. The third-order valence-corrected chi connectivity index (χ3v) is 3.30. The summed E-state index contributed by atoms with van der Waals surface area (Å²) in [7, 11) is 1.66. The predicted octanol–water partition coefficient (Wildman–Crippen LogP) is 3.82. The smallest absolute Gasteiger partial charge is 0.264 e. The summed E-state index contributed by atoms with van der Waals surface area (Å²) in [6.07, 6.45) is 0. The van der Waals surface area contributed by atoms with Crippen LogP contribution in [0.2, 0.25) is 0 Å². The molecule has 2 nitrogen and oxygen atoms in total. The van der Waals surface area contributed by atoms with E-state index in [-0.39, 0.29) is 0 Å². The fraction of sp³-hybridized carbons (Fsp3) is 0.154. The van der Waals surface area contributed by atoms with Crippen molar-refractivity contribution in [2.75, 3.05) is 13.0 Å². The summed E-state index contributed by atoms with van der Waals surface area (Å²) < 4.78 is 5.33. The number of methoxy groups -OCH3 is 1. The largest absolute Gasteiger partial charge is 0.496 e. The van der Waals surface area contributed by atoms with E-state index < -0.39 is 0 Å². The van der Waals surface area contributed by atoms with Crippen molar-refractivity contribution in [3.8, 4) is 5.75 Å². The van der Waals surface area contributed by atoms with E-state index in [1.54, 1.807) is 7.11 Å². The van der Waals surface area contributed by atoms with Gasteiger partial charge in [0.15, 0.2) is 0 Å². The molecule has 0 bridgehead atoms. The van der Waals surface area contributed by atoms with Crippen LogP contribution in [0.25, 0.3) is 15.6 Å². The van der Waals surface area contributed by atoms with Crippen molar-refractivity contribution < 1.29 is 4.74 Å². The molecule has 0 aliphatic heterocycles. The number of thioether (sulfide) groups is 1. The monoisotopic (exact) mass is 229 g/mol. The van der Waals surface area contributed by atoms with Crippen molar-refractivity contribution in [1.29, 1.82) is 0 Å². The van der Waals surface area contributed by atoms with Crippen LogP contribution in [0.15, 0.2) is 41.3 Å². The van der Waals surface area contributed by atoms with Crippen LogP contribution in [0.4, 0.5) is 0 Å². The molecule has 16 heavy (non-hydrogen) atoms. The normalized spacial score (nSPS) is 10.0.